The van der Waals surface area contributed by atoms with Crippen LogP contribution in [0.2, 0.25) is 0 Å². The molecule has 0 aliphatic carbocycles. The van der Waals surface area contributed by atoms with Gasteiger partial charge in [0.1, 0.15) is 12.1 Å². The lowest BCUT2D eigenvalue weighted by Crippen LogP contribution is -2.47. The van der Waals surface area contributed by atoms with Crippen LogP contribution in [0.15, 0.2) is 29.1 Å². The first-order chi connectivity index (χ1) is 12.6. The van der Waals surface area contributed by atoms with Crippen molar-refractivity contribution in [2.24, 2.45) is 0 Å². The summed E-state index contributed by atoms with van der Waals surface area (Å²) >= 11 is 0. The highest BCUT2D eigenvalue weighted by atomic mass is 16.6. The Hall–Kier alpha value is -2.97. The molecule has 0 bridgehead atoms. The van der Waals surface area contributed by atoms with Crippen LogP contribution in [0.5, 0.6) is 0 Å². The molecule has 138 valence electrons. The van der Waals surface area contributed by atoms with Crippen LogP contribution >= 0.6 is 0 Å². The van der Waals surface area contributed by atoms with Crippen molar-refractivity contribution in [1.82, 2.24) is 25.2 Å². The van der Waals surface area contributed by atoms with E-state index in [2.05, 4.69) is 15.6 Å². The van der Waals surface area contributed by atoms with E-state index in [1.165, 1.54) is 0 Å². The summed E-state index contributed by atoms with van der Waals surface area (Å²) in [6.45, 7) is 2.98. The van der Waals surface area contributed by atoms with Crippen LogP contribution in [-0.2, 0) is 16.1 Å². The Morgan fingerprint density at radius 3 is 2.73 bits per heavy atom. The number of benzene rings is 1. The molecule has 9 heteroatoms. The number of hydrogen-bond donors (Lipinski definition) is 1. The average Bonchev–Trinajstić information content (AvgIpc) is 2.65. The van der Waals surface area contributed by atoms with E-state index < -0.39 is 0 Å². The molecule has 2 aromatic rings. The number of aromatic nitrogens is 3. The van der Waals surface area contributed by atoms with Gasteiger partial charge in [0.15, 0.2) is 0 Å². The number of carbonyl (C=O) groups is 2. The van der Waals surface area contributed by atoms with Gasteiger partial charge in [0, 0.05) is 19.1 Å². The first-order valence-corrected chi connectivity index (χ1v) is 8.62. The number of rotatable bonds is 4. The Kier molecular flexibility index (Phi) is 5.45. The molecule has 2 amide bonds. The maximum Gasteiger partial charge on any atom is 0.409 e. The molecule has 0 atom stereocenters. The molecule has 0 saturated carbocycles. The zero-order chi connectivity index (χ0) is 18.5. The Balaban J connectivity index is 1.56. The van der Waals surface area contributed by atoms with Crippen molar-refractivity contribution in [3.05, 3.63) is 34.6 Å². The van der Waals surface area contributed by atoms with Gasteiger partial charge in [0.05, 0.1) is 12.0 Å². The summed E-state index contributed by atoms with van der Waals surface area (Å²) in [5.74, 6) is -0.300. The van der Waals surface area contributed by atoms with E-state index >= 15 is 0 Å². The summed E-state index contributed by atoms with van der Waals surface area (Å²) in [6, 6.07) is 6.83. The number of hydrogen-bond acceptors (Lipinski definition) is 6. The third-order valence-corrected chi connectivity index (χ3v) is 4.31. The minimum absolute atomic E-state index is 0.0442. The molecule has 3 rings (SSSR count). The van der Waals surface area contributed by atoms with Crippen LogP contribution < -0.4 is 10.9 Å². The highest BCUT2D eigenvalue weighted by molar-refractivity contribution is 5.78. The molecule has 1 fully saturated rings. The van der Waals surface area contributed by atoms with Crippen molar-refractivity contribution < 1.29 is 14.3 Å². The fraction of sp³-hybridized carbons (Fsp3) is 0.471. The van der Waals surface area contributed by atoms with Crippen molar-refractivity contribution in [2.75, 3.05) is 19.7 Å². The van der Waals surface area contributed by atoms with Gasteiger partial charge in [-0.2, -0.15) is 0 Å². The summed E-state index contributed by atoms with van der Waals surface area (Å²) in [6.07, 6.45) is 0.960. The van der Waals surface area contributed by atoms with Gasteiger partial charge in [-0.25, -0.2) is 9.48 Å². The van der Waals surface area contributed by atoms with Crippen molar-refractivity contribution in [2.45, 2.75) is 32.4 Å². The maximum atomic E-state index is 12.4. The molecule has 26 heavy (non-hydrogen) atoms. The number of fused-ring (bicyclic) bond motifs is 1. The lowest BCUT2D eigenvalue weighted by atomic mass is 10.1. The van der Waals surface area contributed by atoms with Crippen molar-refractivity contribution in [1.29, 1.82) is 0 Å². The summed E-state index contributed by atoms with van der Waals surface area (Å²) < 4.78 is 6.03. The second kappa shape index (κ2) is 7.94. The molecule has 2 heterocycles. The topological polar surface area (TPSA) is 106 Å². The van der Waals surface area contributed by atoms with Gasteiger partial charge in [0.25, 0.3) is 5.56 Å². The first kappa shape index (κ1) is 17.8. The van der Waals surface area contributed by atoms with Crippen LogP contribution in [0.3, 0.4) is 0 Å². The maximum absolute atomic E-state index is 12.4. The summed E-state index contributed by atoms with van der Waals surface area (Å²) in [5.41, 5.74) is 0.156. The van der Waals surface area contributed by atoms with Gasteiger partial charge in [0.2, 0.25) is 5.91 Å². The molecule has 1 aliphatic heterocycles. The Morgan fingerprint density at radius 1 is 1.27 bits per heavy atom. The SMILES string of the molecule is CCOC(=O)N1CCC(NC(=O)Cn2nnc3ccccc3c2=O)CC1. The molecule has 0 radical (unpaired) electrons. The van der Waals surface area contributed by atoms with Crippen molar-refractivity contribution >= 4 is 22.9 Å². The van der Waals surface area contributed by atoms with Gasteiger partial charge >= 0.3 is 6.09 Å². The summed E-state index contributed by atoms with van der Waals surface area (Å²) in [4.78, 5) is 37.9. The van der Waals surface area contributed by atoms with Crippen molar-refractivity contribution in [3.8, 4) is 0 Å². The molecule has 1 saturated heterocycles. The standard InChI is InChI=1S/C17H21N5O4/c1-2-26-17(25)21-9-7-12(8-10-21)18-15(23)11-22-16(24)13-5-3-4-6-14(13)19-20-22/h3-6,12H,2,7-11H2,1H3,(H,18,23). The zero-order valence-corrected chi connectivity index (χ0v) is 14.6. The van der Waals surface area contributed by atoms with Gasteiger partial charge in [-0.15, -0.1) is 5.10 Å². The number of nitrogens with zero attached hydrogens (tertiary/aromatic N) is 4. The van der Waals surface area contributed by atoms with Crippen LogP contribution in [0.1, 0.15) is 19.8 Å². The largest absolute Gasteiger partial charge is 0.450 e. The number of ether oxygens (including phenoxy) is 1. The minimum atomic E-state index is -0.345. The fourth-order valence-corrected chi connectivity index (χ4v) is 2.96. The van der Waals surface area contributed by atoms with E-state index in [-0.39, 0.29) is 30.1 Å². The van der Waals surface area contributed by atoms with Crippen molar-refractivity contribution in [3.63, 3.8) is 0 Å². The molecule has 1 aromatic heterocycles. The Bertz CT molecular complexity index is 858. The smallest absolute Gasteiger partial charge is 0.409 e. The predicted octanol–water partition coefficient (Wildman–Crippen LogP) is 0.529. The van der Waals surface area contributed by atoms with Crippen LogP contribution in [-0.4, -0.2) is 57.6 Å². The van der Waals surface area contributed by atoms with E-state index in [4.69, 9.17) is 4.74 Å². The fourth-order valence-electron chi connectivity index (χ4n) is 2.96. The highest BCUT2D eigenvalue weighted by Gasteiger charge is 2.24. The molecule has 1 aromatic carbocycles. The first-order valence-electron chi connectivity index (χ1n) is 8.62. The second-order valence-electron chi connectivity index (χ2n) is 6.10. The molecule has 9 nitrogen and oxygen atoms in total. The predicted molar refractivity (Wildman–Crippen MR) is 93.6 cm³/mol. The van der Waals surface area contributed by atoms with Gasteiger partial charge in [-0.05, 0) is 31.9 Å². The monoisotopic (exact) mass is 359 g/mol. The molecular formula is C17H21N5O4. The number of carbonyl (C=O) groups excluding carboxylic acids is 2. The third kappa shape index (κ3) is 3.98. The van der Waals surface area contributed by atoms with E-state index in [0.717, 1.165) is 4.68 Å². The van der Waals surface area contributed by atoms with E-state index in [0.29, 0.717) is 43.4 Å². The minimum Gasteiger partial charge on any atom is -0.450 e. The normalized spacial score (nSPS) is 15.0. The third-order valence-electron chi connectivity index (χ3n) is 4.31. The molecular weight excluding hydrogens is 338 g/mol. The van der Waals surface area contributed by atoms with Crippen LogP contribution in [0, 0.1) is 0 Å². The van der Waals surface area contributed by atoms with E-state index in [9.17, 15) is 14.4 Å². The van der Waals surface area contributed by atoms with Crippen LogP contribution in [0.4, 0.5) is 4.79 Å². The van der Waals surface area contributed by atoms with Crippen LogP contribution in [0.25, 0.3) is 10.9 Å². The zero-order valence-electron chi connectivity index (χ0n) is 14.6. The summed E-state index contributed by atoms with van der Waals surface area (Å²) in [5, 5.41) is 11.1. The van der Waals surface area contributed by atoms with E-state index in [1.807, 2.05) is 0 Å². The lowest BCUT2D eigenvalue weighted by molar-refractivity contribution is -0.122. The number of piperidine rings is 1. The Morgan fingerprint density at radius 2 is 2.00 bits per heavy atom. The van der Waals surface area contributed by atoms with Gasteiger partial charge in [-0.3, -0.25) is 9.59 Å². The Labute approximate surface area is 149 Å². The number of likely N-dealkylation sites (tertiary alicyclic amines) is 1. The quantitative estimate of drug-likeness (QED) is 0.853. The van der Waals surface area contributed by atoms with Gasteiger partial charge < -0.3 is 15.0 Å². The average molecular weight is 359 g/mol. The lowest BCUT2D eigenvalue weighted by Gasteiger charge is -2.31. The highest BCUT2D eigenvalue weighted by Crippen LogP contribution is 2.11. The molecule has 0 unspecified atom stereocenters. The molecule has 1 N–H and O–H groups in total. The molecule has 0 spiro atoms. The van der Waals surface area contributed by atoms with Gasteiger partial charge in [-0.1, -0.05) is 17.3 Å². The molecule has 1 aliphatic rings. The number of nitrogens with one attached hydrogen (secondary N) is 1. The van der Waals surface area contributed by atoms with E-state index in [1.54, 1.807) is 36.1 Å². The number of amides is 2. The second-order valence-corrected chi connectivity index (χ2v) is 6.10. The summed E-state index contributed by atoms with van der Waals surface area (Å²) in [7, 11) is 0.